The fourth-order valence-corrected chi connectivity index (χ4v) is 5.37. The minimum Gasteiger partial charge on any atom is -0.495 e. The van der Waals surface area contributed by atoms with Crippen molar-refractivity contribution >= 4 is 27.5 Å². The standard InChI is InChI=1S/C27H37N3O5S/c1-20-15-16-25(35-3)24(17-20)30(36(4,33)34)19-26(31)29(18-22-11-7-5-8-12-22)21(2)27(32)28-23-13-9-6-10-14-23/h5,7-8,11-12,15-17,21,23H,6,9-10,13-14,18-19H2,1-4H3,(H,28,32). The van der Waals surface area contributed by atoms with Crippen LogP contribution in [0.1, 0.15) is 50.2 Å². The van der Waals surface area contributed by atoms with Gasteiger partial charge in [-0.25, -0.2) is 8.42 Å². The van der Waals surface area contributed by atoms with Crippen LogP contribution >= 0.6 is 0 Å². The van der Waals surface area contributed by atoms with E-state index in [1.807, 2.05) is 43.3 Å². The minimum atomic E-state index is -3.83. The molecule has 1 fully saturated rings. The molecule has 2 aromatic carbocycles. The Kier molecular flexibility index (Phi) is 9.37. The first-order chi connectivity index (χ1) is 17.1. The van der Waals surface area contributed by atoms with Crippen molar-refractivity contribution in [1.82, 2.24) is 10.2 Å². The SMILES string of the molecule is COc1ccc(C)cc1N(CC(=O)N(Cc1ccccc1)C(C)C(=O)NC1CCCCC1)S(C)(=O)=O. The largest absolute Gasteiger partial charge is 0.495 e. The lowest BCUT2D eigenvalue weighted by Gasteiger charge is -2.33. The first-order valence-electron chi connectivity index (χ1n) is 12.4. The summed E-state index contributed by atoms with van der Waals surface area (Å²) >= 11 is 0. The molecule has 0 radical (unpaired) electrons. The summed E-state index contributed by atoms with van der Waals surface area (Å²) in [6.45, 7) is 3.26. The monoisotopic (exact) mass is 515 g/mol. The Balaban J connectivity index is 1.90. The first kappa shape index (κ1) is 27.5. The average molecular weight is 516 g/mol. The number of benzene rings is 2. The Bertz CT molecular complexity index is 1150. The summed E-state index contributed by atoms with van der Waals surface area (Å²) < 4.78 is 32.1. The molecule has 3 rings (SSSR count). The maximum atomic E-state index is 13.7. The topological polar surface area (TPSA) is 96.0 Å². The van der Waals surface area contributed by atoms with Gasteiger partial charge in [-0.1, -0.05) is 55.7 Å². The number of hydrogen-bond donors (Lipinski definition) is 1. The summed E-state index contributed by atoms with van der Waals surface area (Å²) in [6.07, 6.45) is 6.24. The third-order valence-electron chi connectivity index (χ3n) is 6.60. The van der Waals surface area contributed by atoms with Crippen molar-refractivity contribution in [1.29, 1.82) is 0 Å². The van der Waals surface area contributed by atoms with Crippen molar-refractivity contribution in [2.45, 2.75) is 64.6 Å². The molecule has 0 spiro atoms. The zero-order valence-corrected chi connectivity index (χ0v) is 22.4. The molecule has 0 aliphatic heterocycles. The van der Waals surface area contributed by atoms with Crippen molar-refractivity contribution in [2.75, 3.05) is 24.2 Å². The number of carbonyl (C=O) groups excluding carboxylic acids is 2. The van der Waals surface area contributed by atoms with E-state index in [9.17, 15) is 18.0 Å². The number of nitrogens with zero attached hydrogens (tertiary/aromatic N) is 2. The normalized spacial score (nSPS) is 15.1. The number of methoxy groups -OCH3 is 1. The molecule has 2 amide bonds. The molecule has 196 valence electrons. The quantitative estimate of drug-likeness (QED) is 0.521. The summed E-state index contributed by atoms with van der Waals surface area (Å²) in [5.41, 5.74) is 1.96. The zero-order valence-electron chi connectivity index (χ0n) is 21.6. The molecule has 0 aromatic heterocycles. The second kappa shape index (κ2) is 12.3. The lowest BCUT2D eigenvalue weighted by Crippen LogP contribution is -2.53. The van der Waals surface area contributed by atoms with Crippen molar-refractivity contribution in [3.63, 3.8) is 0 Å². The fourth-order valence-electron chi connectivity index (χ4n) is 4.52. The third-order valence-corrected chi connectivity index (χ3v) is 7.72. The number of carbonyl (C=O) groups is 2. The van der Waals surface area contributed by atoms with Crippen LogP contribution in [-0.4, -0.2) is 57.1 Å². The van der Waals surface area contributed by atoms with Gasteiger partial charge in [0, 0.05) is 12.6 Å². The van der Waals surface area contributed by atoms with Gasteiger partial charge in [-0.15, -0.1) is 0 Å². The van der Waals surface area contributed by atoms with Gasteiger partial charge in [0.2, 0.25) is 21.8 Å². The second-order valence-corrected chi connectivity index (χ2v) is 11.4. The van der Waals surface area contributed by atoms with Crippen LogP contribution in [0.4, 0.5) is 5.69 Å². The summed E-state index contributed by atoms with van der Waals surface area (Å²) in [6, 6.07) is 13.9. The minimum absolute atomic E-state index is 0.103. The van der Waals surface area contributed by atoms with Gasteiger partial charge in [0.05, 0.1) is 19.1 Å². The highest BCUT2D eigenvalue weighted by Crippen LogP contribution is 2.31. The van der Waals surface area contributed by atoms with Gasteiger partial charge in [-0.3, -0.25) is 13.9 Å². The van der Waals surface area contributed by atoms with Crippen molar-refractivity contribution in [3.05, 3.63) is 59.7 Å². The number of hydrogen-bond acceptors (Lipinski definition) is 5. The van der Waals surface area contributed by atoms with Crippen LogP contribution in [-0.2, 0) is 26.2 Å². The molecule has 1 unspecified atom stereocenters. The van der Waals surface area contributed by atoms with Gasteiger partial charge < -0.3 is 15.0 Å². The van der Waals surface area contributed by atoms with Crippen molar-refractivity contribution < 1.29 is 22.7 Å². The highest BCUT2D eigenvalue weighted by molar-refractivity contribution is 7.92. The molecule has 36 heavy (non-hydrogen) atoms. The van der Waals surface area contributed by atoms with Crippen LogP contribution in [0.25, 0.3) is 0 Å². The number of amides is 2. The molecule has 0 saturated heterocycles. The number of aryl methyl sites for hydroxylation is 1. The maximum absolute atomic E-state index is 13.7. The van der Waals surface area contributed by atoms with Crippen LogP contribution in [0.15, 0.2) is 48.5 Å². The molecule has 2 aromatic rings. The molecule has 1 N–H and O–H groups in total. The Morgan fingerprint density at radius 2 is 1.75 bits per heavy atom. The van der Waals surface area contributed by atoms with Gasteiger partial charge in [-0.2, -0.15) is 0 Å². The smallest absolute Gasteiger partial charge is 0.244 e. The van der Waals surface area contributed by atoms with Crippen molar-refractivity contribution in [3.8, 4) is 5.75 Å². The number of anilines is 1. The highest BCUT2D eigenvalue weighted by atomic mass is 32.2. The molecule has 1 aliphatic rings. The summed E-state index contributed by atoms with van der Waals surface area (Å²) in [5.74, 6) is -0.360. The summed E-state index contributed by atoms with van der Waals surface area (Å²) in [7, 11) is -2.38. The Morgan fingerprint density at radius 1 is 1.08 bits per heavy atom. The predicted molar refractivity (Wildman–Crippen MR) is 141 cm³/mol. The van der Waals surface area contributed by atoms with Gasteiger partial charge in [0.1, 0.15) is 18.3 Å². The highest BCUT2D eigenvalue weighted by Gasteiger charge is 2.32. The van der Waals surface area contributed by atoms with E-state index in [0.717, 1.165) is 47.4 Å². The molecule has 8 nitrogen and oxygen atoms in total. The zero-order chi connectivity index (χ0) is 26.3. The van der Waals surface area contributed by atoms with E-state index in [4.69, 9.17) is 4.74 Å². The Labute approximate surface area is 214 Å². The third kappa shape index (κ3) is 7.22. The Morgan fingerprint density at radius 3 is 2.36 bits per heavy atom. The van der Waals surface area contributed by atoms with Gasteiger partial charge in [-0.05, 0) is 49.9 Å². The van der Waals surface area contributed by atoms with Gasteiger partial charge >= 0.3 is 0 Å². The van der Waals surface area contributed by atoms with E-state index in [2.05, 4.69) is 5.32 Å². The molecular formula is C27H37N3O5S. The van der Waals surface area contributed by atoms with E-state index < -0.39 is 28.5 Å². The number of sulfonamides is 1. The molecule has 9 heteroatoms. The summed E-state index contributed by atoms with van der Waals surface area (Å²) in [4.78, 5) is 28.3. The van der Waals surface area contributed by atoms with Crippen LogP contribution < -0.4 is 14.4 Å². The molecular weight excluding hydrogens is 478 g/mol. The molecule has 0 bridgehead atoms. The van der Waals surface area contributed by atoms with E-state index in [1.54, 1.807) is 19.1 Å². The average Bonchev–Trinajstić information content (AvgIpc) is 2.85. The van der Waals surface area contributed by atoms with E-state index >= 15 is 0 Å². The molecule has 1 aliphatic carbocycles. The van der Waals surface area contributed by atoms with Crippen LogP contribution in [0.3, 0.4) is 0 Å². The molecule has 0 heterocycles. The number of ether oxygens (including phenoxy) is 1. The van der Waals surface area contributed by atoms with Crippen molar-refractivity contribution in [2.24, 2.45) is 0 Å². The number of nitrogens with one attached hydrogen (secondary N) is 1. The second-order valence-electron chi connectivity index (χ2n) is 9.47. The lowest BCUT2D eigenvalue weighted by molar-refractivity contribution is -0.139. The van der Waals surface area contributed by atoms with E-state index in [-0.39, 0.29) is 24.2 Å². The van der Waals surface area contributed by atoms with E-state index in [0.29, 0.717) is 5.75 Å². The molecule has 1 saturated carbocycles. The maximum Gasteiger partial charge on any atom is 0.244 e. The van der Waals surface area contributed by atoms with Gasteiger partial charge in [0.15, 0.2) is 0 Å². The summed E-state index contributed by atoms with van der Waals surface area (Å²) in [5, 5.41) is 3.10. The van der Waals surface area contributed by atoms with Crippen LogP contribution in [0, 0.1) is 6.92 Å². The first-order valence-corrected chi connectivity index (χ1v) is 14.2. The molecule has 1 atom stereocenters. The van der Waals surface area contributed by atoms with Crippen LogP contribution in [0.5, 0.6) is 5.75 Å². The van der Waals surface area contributed by atoms with Crippen LogP contribution in [0.2, 0.25) is 0 Å². The fraction of sp³-hybridized carbons (Fsp3) is 0.481. The Hall–Kier alpha value is -3.07. The lowest BCUT2D eigenvalue weighted by atomic mass is 9.95. The number of rotatable bonds is 10. The predicted octanol–water partition coefficient (Wildman–Crippen LogP) is 3.64. The van der Waals surface area contributed by atoms with Gasteiger partial charge in [0.25, 0.3) is 0 Å². The van der Waals surface area contributed by atoms with E-state index in [1.165, 1.54) is 18.4 Å².